The Kier molecular flexibility index (Phi) is 5.35. The summed E-state index contributed by atoms with van der Waals surface area (Å²) in [5.74, 6) is -1.48. The molecule has 22 heavy (non-hydrogen) atoms. The highest BCUT2D eigenvalue weighted by molar-refractivity contribution is 9.10. The second-order valence-electron chi connectivity index (χ2n) is 4.38. The predicted molar refractivity (Wildman–Crippen MR) is 90.2 cm³/mol. The van der Waals surface area contributed by atoms with Gasteiger partial charge < -0.3 is 10.4 Å². The number of anilines is 1. The molecule has 112 valence electrons. The molecule has 1 amide bonds. The molecule has 0 aliphatic rings. The zero-order valence-corrected chi connectivity index (χ0v) is 13.6. The Balaban J connectivity index is 2.12. The summed E-state index contributed by atoms with van der Waals surface area (Å²) in [7, 11) is 0. The van der Waals surface area contributed by atoms with Crippen LogP contribution in [0.1, 0.15) is 15.9 Å². The van der Waals surface area contributed by atoms with Crippen LogP contribution in [0.2, 0.25) is 5.02 Å². The van der Waals surface area contributed by atoms with Crippen molar-refractivity contribution in [1.29, 1.82) is 0 Å². The van der Waals surface area contributed by atoms with Crippen LogP contribution >= 0.6 is 27.5 Å². The molecule has 2 N–H and O–H groups in total. The van der Waals surface area contributed by atoms with Crippen LogP contribution in [0.5, 0.6) is 0 Å². The third kappa shape index (κ3) is 4.44. The van der Waals surface area contributed by atoms with E-state index in [0.717, 1.165) is 10.0 Å². The molecule has 0 atom stereocenters. The number of halogens is 2. The van der Waals surface area contributed by atoms with Crippen molar-refractivity contribution in [3.8, 4) is 0 Å². The number of carbonyl (C=O) groups is 2. The van der Waals surface area contributed by atoms with E-state index in [-0.39, 0.29) is 16.3 Å². The van der Waals surface area contributed by atoms with Crippen LogP contribution in [0.4, 0.5) is 5.69 Å². The maximum atomic E-state index is 11.9. The van der Waals surface area contributed by atoms with Gasteiger partial charge in [-0.1, -0.05) is 39.7 Å². The third-order valence-corrected chi connectivity index (χ3v) is 3.57. The highest BCUT2D eigenvalue weighted by Gasteiger charge is 2.08. The molecular formula is C16H11BrClNO3. The van der Waals surface area contributed by atoms with Gasteiger partial charge in [-0.25, -0.2) is 4.79 Å². The zero-order valence-electron chi connectivity index (χ0n) is 11.2. The number of carboxylic acids is 1. The van der Waals surface area contributed by atoms with Gasteiger partial charge in [0.15, 0.2) is 0 Å². The first kappa shape index (κ1) is 16.3. The molecule has 0 saturated heterocycles. The van der Waals surface area contributed by atoms with Gasteiger partial charge in [0.1, 0.15) is 0 Å². The number of amides is 1. The molecule has 2 aromatic carbocycles. The van der Waals surface area contributed by atoms with Crippen molar-refractivity contribution >= 4 is 51.2 Å². The third-order valence-electron chi connectivity index (χ3n) is 2.75. The summed E-state index contributed by atoms with van der Waals surface area (Å²) in [6, 6.07) is 11.6. The minimum Gasteiger partial charge on any atom is -0.478 e. The van der Waals surface area contributed by atoms with Gasteiger partial charge in [0.05, 0.1) is 16.3 Å². The SMILES string of the molecule is O=C(C=Cc1cccc(Br)c1)Nc1cc(C(=O)O)ccc1Cl. The van der Waals surface area contributed by atoms with E-state index in [9.17, 15) is 9.59 Å². The van der Waals surface area contributed by atoms with Crippen LogP contribution in [-0.2, 0) is 4.79 Å². The van der Waals surface area contributed by atoms with E-state index >= 15 is 0 Å². The van der Waals surface area contributed by atoms with E-state index in [0.29, 0.717) is 0 Å². The first-order valence-corrected chi connectivity index (χ1v) is 7.40. The molecule has 0 aliphatic carbocycles. The molecule has 2 aromatic rings. The Bertz CT molecular complexity index is 759. The fourth-order valence-corrected chi connectivity index (χ4v) is 2.29. The van der Waals surface area contributed by atoms with Crippen molar-refractivity contribution in [3.05, 3.63) is 69.2 Å². The Morgan fingerprint density at radius 3 is 2.64 bits per heavy atom. The first-order valence-electron chi connectivity index (χ1n) is 6.23. The molecule has 0 bridgehead atoms. The lowest BCUT2D eigenvalue weighted by atomic mass is 10.2. The Morgan fingerprint density at radius 2 is 1.95 bits per heavy atom. The van der Waals surface area contributed by atoms with E-state index in [4.69, 9.17) is 16.7 Å². The molecule has 2 rings (SSSR count). The van der Waals surface area contributed by atoms with E-state index < -0.39 is 11.9 Å². The molecule has 0 aromatic heterocycles. The lowest BCUT2D eigenvalue weighted by molar-refractivity contribution is -0.111. The normalized spacial score (nSPS) is 10.6. The van der Waals surface area contributed by atoms with Gasteiger partial charge in [0.2, 0.25) is 5.91 Å². The van der Waals surface area contributed by atoms with Crippen LogP contribution < -0.4 is 5.32 Å². The van der Waals surface area contributed by atoms with Crippen molar-refractivity contribution in [2.75, 3.05) is 5.32 Å². The molecule has 0 aliphatic heterocycles. The predicted octanol–water partition coefficient (Wildman–Crippen LogP) is 4.45. The summed E-state index contributed by atoms with van der Waals surface area (Å²) in [6.07, 6.45) is 3.00. The van der Waals surface area contributed by atoms with Crippen LogP contribution in [0.3, 0.4) is 0 Å². The molecule has 0 heterocycles. The van der Waals surface area contributed by atoms with Crippen molar-refractivity contribution in [2.45, 2.75) is 0 Å². The van der Waals surface area contributed by atoms with Crippen molar-refractivity contribution in [1.82, 2.24) is 0 Å². The van der Waals surface area contributed by atoms with Gasteiger partial charge in [-0.2, -0.15) is 0 Å². The molecule has 6 heteroatoms. The van der Waals surface area contributed by atoms with Crippen LogP contribution in [0.25, 0.3) is 6.08 Å². The molecule has 0 radical (unpaired) electrons. The van der Waals surface area contributed by atoms with E-state index in [1.165, 1.54) is 24.3 Å². The van der Waals surface area contributed by atoms with Gasteiger partial charge in [0, 0.05) is 10.5 Å². The van der Waals surface area contributed by atoms with E-state index in [1.807, 2.05) is 24.3 Å². The molecule has 0 saturated carbocycles. The largest absolute Gasteiger partial charge is 0.478 e. The average Bonchev–Trinajstić information content (AvgIpc) is 2.47. The second kappa shape index (κ2) is 7.24. The summed E-state index contributed by atoms with van der Waals surface area (Å²) in [5.41, 5.74) is 1.16. The maximum Gasteiger partial charge on any atom is 0.335 e. The minimum absolute atomic E-state index is 0.0515. The molecule has 0 fully saturated rings. The quantitative estimate of drug-likeness (QED) is 0.770. The van der Waals surface area contributed by atoms with Crippen molar-refractivity contribution in [3.63, 3.8) is 0 Å². The number of aromatic carboxylic acids is 1. The first-order chi connectivity index (χ1) is 10.5. The van der Waals surface area contributed by atoms with Gasteiger partial charge in [0.25, 0.3) is 0 Å². The van der Waals surface area contributed by atoms with Crippen molar-refractivity contribution < 1.29 is 14.7 Å². The number of hydrogen-bond acceptors (Lipinski definition) is 2. The lowest BCUT2D eigenvalue weighted by Gasteiger charge is -2.06. The molecule has 0 unspecified atom stereocenters. The summed E-state index contributed by atoms with van der Waals surface area (Å²) in [6.45, 7) is 0. The Labute approximate surface area is 140 Å². The topological polar surface area (TPSA) is 66.4 Å². The number of rotatable bonds is 4. The van der Waals surface area contributed by atoms with Gasteiger partial charge in [-0.3, -0.25) is 4.79 Å². The maximum absolute atomic E-state index is 11.9. The standard InChI is InChI=1S/C16H11BrClNO3/c17-12-3-1-2-10(8-12)4-7-15(20)19-14-9-11(16(21)22)5-6-13(14)18/h1-9H,(H,19,20)(H,21,22). The smallest absolute Gasteiger partial charge is 0.335 e. The summed E-state index contributed by atoms with van der Waals surface area (Å²) in [4.78, 5) is 22.8. The molecular weight excluding hydrogens is 370 g/mol. The lowest BCUT2D eigenvalue weighted by Crippen LogP contribution is -2.09. The molecule has 4 nitrogen and oxygen atoms in total. The van der Waals surface area contributed by atoms with Gasteiger partial charge >= 0.3 is 5.97 Å². The van der Waals surface area contributed by atoms with Gasteiger partial charge in [-0.05, 0) is 42.0 Å². The highest BCUT2D eigenvalue weighted by Crippen LogP contribution is 2.23. The fraction of sp³-hybridized carbons (Fsp3) is 0. The van der Waals surface area contributed by atoms with E-state index in [1.54, 1.807) is 6.08 Å². The Morgan fingerprint density at radius 1 is 1.18 bits per heavy atom. The van der Waals surface area contributed by atoms with Crippen molar-refractivity contribution in [2.24, 2.45) is 0 Å². The van der Waals surface area contributed by atoms with Gasteiger partial charge in [-0.15, -0.1) is 0 Å². The van der Waals surface area contributed by atoms with Crippen LogP contribution in [0.15, 0.2) is 53.0 Å². The number of carbonyl (C=O) groups excluding carboxylic acids is 1. The highest BCUT2D eigenvalue weighted by atomic mass is 79.9. The minimum atomic E-state index is -1.09. The summed E-state index contributed by atoms with van der Waals surface area (Å²) >= 11 is 9.29. The number of carboxylic acid groups (broad SMARTS) is 1. The van der Waals surface area contributed by atoms with Crippen LogP contribution in [-0.4, -0.2) is 17.0 Å². The number of benzene rings is 2. The fourth-order valence-electron chi connectivity index (χ4n) is 1.71. The molecule has 0 spiro atoms. The van der Waals surface area contributed by atoms with Crippen LogP contribution in [0, 0.1) is 0 Å². The number of nitrogens with one attached hydrogen (secondary N) is 1. The monoisotopic (exact) mass is 379 g/mol. The van der Waals surface area contributed by atoms with E-state index in [2.05, 4.69) is 21.2 Å². The zero-order chi connectivity index (χ0) is 16.1. The summed E-state index contributed by atoms with van der Waals surface area (Å²) in [5, 5.41) is 11.8. The number of hydrogen-bond donors (Lipinski definition) is 2. The summed E-state index contributed by atoms with van der Waals surface area (Å²) < 4.78 is 0.910. The second-order valence-corrected chi connectivity index (χ2v) is 5.70. The average molecular weight is 381 g/mol. The Hall–Kier alpha value is -2.11.